The number of methoxy groups -OCH3 is 2. The molecule has 0 unspecified atom stereocenters. The molecule has 6 rings (SSSR count). The van der Waals surface area contributed by atoms with Gasteiger partial charge in [-0.15, -0.1) is 0 Å². The Morgan fingerprint density at radius 1 is 1.00 bits per heavy atom. The summed E-state index contributed by atoms with van der Waals surface area (Å²) in [7, 11) is 2.81. The molecule has 1 fully saturated rings. The summed E-state index contributed by atoms with van der Waals surface area (Å²) >= 11 is 0. The zero-order valence-corrected chi connectivity index (χ0v) is 23.8. The highest BCUT2D eigenvalue weighted by atomic mass is 16.5. The highest BCUT2D eigenvalue weighted by molar-refractivity contribution is 6.20. The number of hydrogen-bond acceptors (Lipinski definition) is 8. The second-order valence-electron chi connectivity index (χ2n) is 11.4. The Balaban J connectivity index is 1.68. The number of carbonyl (C=O) groups is 3. The van der Waals surface area contributed by atoms with Crippen molar-refractivity contribution in [1.29, 1.82) is 0 Å². The van der Waals surface area contributed by atoms with Gasteiger partial charge in [0.2, 0.25) is 0 Å². The molecular formula is C34H32O8. The van der Waals surface area contributed by atoms with Gasteiger partial charge in [-0.1, -0.05) is 60.7 Å². The van der Waals surface area contributed by atoms with Crippen LogP contribution in [0.5, 0.6) is 17.2 Å². The van der Waals surface area contributed by atoms with Gasteiger partial charge in [0, 0.05) is 41.2 Å². The number of Topliss-reactive ketones (excluding diaryl/α,β-unsaturated/α-hetero) is 2. The summed E-state index contributed by atoms with van der Waals surface area (Å²) in [6.07, 6.45) is -0.240. The number of aliphatic hydroxyl groups excluding tert-OH is 1. The number of aromatic hydroxyl groups is 1. The van der Waals surface area contributed by atoms with Crippen molar-refractivity contribution < 1.29 is 38.8 Å². The van der Waals surface area contributed by atoms with E-state index in [1.165, 1.54) is 33.3 Å². The summed E-state index contributed by atoms with van der Waals surface area (Å²) in [5.41, 5.74) is -3.71. The highest BCUT2D eigenvalue weighted by Crippen LogP contribution is 2.71. The molecule has 216 valence electrons. The van der Waals surface area contributed by atoms with Crippen LogP contribution in [0.1, 0.15) is 52.7 Å². The van der Waals surface area contributed by atoms with Crippen LogP contribution in [0.25, 0.3) is 0 Å². The first-order valence-electron chi connectivity index (χ1n) is 13.9. The smallest absolute Gasteiger partial charge is 0.180 e. The number of fused-ring (bicyclic) bond motifs is 8. The SMILES string of the molecule is COC1=CC(=O)[C@]2(C)C(=O)[C@@]1(CCC(=O)c1ccccc1)[C@H]1c3c(cc(O)c(C)c3OC)O[C@]2(c2ccccc2)[C@@H]1O. The van der Waals surface area contributed by atoms with Gasteiger partial charge in [-0.05, 0) is 25.8 Å². The van der Waals surface area contributed by atoms with Crippen molar-refractivity contribution >= 4 is 17.3 Å². The summed E-state index contributed by atoms with van der Waals surface area (Å²) in [5, 5.41) is 23.4. The molecule has 3 aromatic rings. The second kappa shape index (κ2) is 9.56. The van der Waals surface area contributed by atoms with Crippen LogP contribution in [0, 0.1) is 17.8 Å². The number of phenols is 1. The van der Waals surface area contributed by atoms with Crippen LogP contribution in [-0.4, -0.2) is 47.9 Å². The van der Waals surface area contributed by atoms with E-state index in [4.69, 9.17) is 14.2 Å². The fourth-order valence-electron chi connectivity index (χ4n) is 7.55. The Hall–Kier alpha value is -4.43. The molecule has 3 aromatic carbocycles. The fraction of sp³-hybridized carbons (Fsp3) is 0.324. The number of ketones is 3. The van der Waals surface area contributed by atoms with Crippen molar-refractivity contribution in [2.45, 2.75) is 44.3 Å². The Kier molecular flexibility index (Phi) is 6.31. The third-order valence-electron chi connectivity index (χ3n) is 9.61. The van der Waals surface area contributed by atoms with Gasteiger partial charge in [-0.3, -0.25) is 14.4 Å². The largest absolute Gasteiger partial charge is 0.507 e. The van der Waals surface area contributed by atoms with Crippen LogP contribution >= 0.6 is 0 Å². The Morgan fingerprint density at radius 2 is 1.64 bits per heavy atom. The molecule has 1 aliphatic heterocycles. The third-order valence-corrected chi connectivity index (χ3v) is 9.61. The maximum atomic E-state index is 15.1. The molecule has 5 atom stereocenters. The summed E-state index contributed by atoms with van der Waals surface area (Å²) in [4.78, 5) is 42.6. The lowest BCUT2D eigenvalue weighted by Gasteiger charge is -2.64. The van der Waals surface area contributed by atoms with Gasteiger partial charge >= 0.3 is 0 Å². The molecular weight excluding hydrogens is 536 g/mol. The monoisotopic (exact) mass is 568 g/mol. The molecule has 0 radical (unpaired) electrons. The van der Waals surface area contributed by atoms with Crippen molar-refractivity contribution in [3.63, 3.8) is 0 Å². The van der Waals surface area contributed by atoms with E-state index in [9.17, 15) is 19.8 Å². The van der Waals surface area contributed by atoms with Gasteiger partial charge in [0.25, 0.3) is 0 Å². The molecule has 0 spiro atoms. The predicted octanol–water partition coefficient (Wildman–Crippen LogP) is 4.79. The maximum absolute atomic E-state index is 15.1. The number of hydrogen-bond donors (Lipinski definition) is 2. The quantitative estimate of drug-likeness (QED) is 0.308. The lowest BCUT2D eigenvalue weighted by Crippen LogP contribution is -2.76. The molecule has 3 aliphatic rings. The molecule has 1 heterocycles. The van der Waals surface area contributed by atoms with Crippen LogP contribution in [0.15, 0.2) is 78.6 Å². The minimum atomic E-state index is -1.91. The van der Waals surface area contributed by atoms with E-state index in [2.05, 4.69) is 0 Å². The molecule has 2 aliphatic carbocycles. The van der Waals surface area contributed by atoms with Crippen LogP contribution < -0.4 is 9.47 Å². The lowest BCUT2D eigenvalue weighted by atomic mass is 9.41. The number of allylic oxidation sites excluding steroid dienone is 2. The van der Waals surface area contributed by atoms with Crippen molar-refractivity contribution in [2.75, 3.05) is 14.2 Å². The van der Waals surface area contributed by atoms with Gasteiger partial charge in [0.05, 0.1) is 19.6 Å². The topological polar surface area (TPSA) is 119 Å². The highest BCUT2D eigenvalue weighted by Gasteiger charge is 2.80. The standard InChI is InChI=1S/C34H32O8/c1-19-23(36)17-24-27(29(19)41-4)28-30(38)34(42-24,21-13-9-6-10-14-21)32(2)25(37)18-26(40-3)33(28,31(32)39)16-15-22(35)20-11-7-5-8-12-20/h5-14,17-18,28,30,36,38H,15-16H2,1-4H3/t28-,30+,32+,33+,34+/m0/s1. The molecule has 0 aromatic heterocycles. The van der Waals surface area contributed by atoms with Crippen LogP contribution in [-0.2, 0) is 19.9 Å². The summed E-state index contributed by atoms with van der Waals surface area (Å²) in [5.74, 6) is -1.94. The minimum Gasteiger partial charge on any atom is -0.507 e. The summed E-state index contributed by atoms with van der Waals surface area (Å²) in [6.45, 7) is 3.16. The van der Waals surface area contributed by atoms with E-state index in [0.29, 0.717) is 22.3 Å². The zero-order chi connectivity index (χ0) is 30.0. The fourth-order valence-corrected chi connectivity index (χ4v) is 7.55. The Labute approximate surface area is 243 Å². The van der Waals surface area contributed by atoms with E-state index in [-0.39, 0.29) is 41.6 Å². The van der Waals surface area contributed by atoms with E-state index >= 15 is 4.79 Å². The van der Waals surface area contributed by atoms with Gasteiger partial charge in [0.1, 0.15) is 34.5 Å². The van der Waals surface area contributed by atoms with Gasteiger partial charge in [-0.25, -0.2) is 0 Å². The van der Waals surface area contributed by atoms with Gasteiger partial charge in [0.15, 0.2) is 23.0 Å². The van der Waals surface area contributed by atoms with Crippen molar-refractivity contribution in [2.24, 2.45) is 10.8 Å². The first kappa shape index (κ1) is 27.7. The number of ether oxygens (including phenoxy) is 3. The van der Waals surface area contributed by atoms with Crippen LogP contribution in [0.3, 0.4) is 0 Å². The van der Waals surface area contributed by atoms with Crippen molar-refractivity contribution in [3.05, 3.63) is 101 Å². The number of rotatable bonds is 7. The summed E-state index contributed by atoms with van der Waals surface area (Å²) in [6, 6.07) is 18.9. The lowest BCUT2D eigenvalue weighted by molar-refractivity contribution is -0.215. The van der Waals surface area contributed by atoms with Gasteiger partial charge < -0.3 is 24.4 Å². The molecule has 0 saturated heterocycles. The molecule has 4 bridgehead atoms. The molecule has 1 saturated carbocycles. The normalized spacial score (nSPS) is 29.2. The van der Waals surface area contributed by atoms with Gasteiger partial charge in [-0.2, -0.15) is 0 Å². The molecule has 0 amide bonds. The molecule has 42 heavy (non-hydrogen) atoms. The van der Waals surface area contributed by atoms with E-state index < -0.39 is 40.0 Å². The number of phenolic OH excluding ortho intramolecular Hbond substituents is 1. The summed E-state index contributed by atoms with van der Waals surface area (Å²) < 4.78 is 18.2. The molecule has 2 N–H and O–H groups in total. The van der Waals surface area contributed by atoms with Crippen LogP contribution in [0.4, 0.5) is 0 Å². The first-order valence-corrected chi connectivity index (χ1v) is 13.9. The zero-order valence-electron chi connectivity index (χ0n) is 23.8. The number of aliphatic hydroxyl groups is 1. The second-order valence-corrected chi connectivity index (χ2v) is 11.4. The van der Waals surface area contributed by atoms with E-state index in [1.54, 1.807) is 61.5 Å². The number of carbonyl (C=O) groups excluding carboxylic acids is 3. The minimum absolute atomic E-state index is 0.0444. The number of benzene rings is 3. The third kappa shape index (κ3) is 3.30. The average molecular weight is 569 g/mol. The maximum Gasteiger partial charge on any atom is 0.180 e. The molecule has 8 heteroatoms. The first-order chi connectivity index (χ1) is 20.1. The Bertz CT molecular complexity index is 1640. The average Bonchev–Trinajstić information content (AvgIpc) is 3.01. The Morgan fingerprint density at radius 3 is 2.26 bits per heavy atom. The van der Waals surface area contributed by atoms with Crippen molar-refractivity contribution in [1.82, 2.24) is 0 Å². The molecule has 8 nitrogen and oxygen atoms in total. The van der Waals surface area contributed by atoms with Crippen molar-refractivity contribution in [3.8, 4) is 17.2 Å². The van der Waals surface area contributed by atoms with E-state index in [0.717, 1.165) is 0 Å². The predicted molar refractivity (Wildman–Crippen MR) is 153 cm³/mol. The van der Waals surface area contributed by atoms with Crippen LogP contribution in [0.2, 0.25) is 0 Å². The van der Waals surface area contributed by atoms with E-state index in [1.807, 2.05) is 6.07 Å².